The summed E-state index contributed by atoms with van der Waals surface area (Å²) in [7, 11) is -6.53. The quantitative estimate of drug-likeness (QED) is 0.166. The van der Waals surface area contributed by atoms with Gasteiger partial charge in [-0.15, -0.1) is 0 Å². The third-order valence-electron chi connectivity index (χ3n) is 2.36. The van der Waals surface area contributed by atoms with Crippen molar-refractivity contribution >= 4 is 38.0 Å². The molecule has 0 spiro atoms. The van der Waals surface area contributed by atoms with Gasteiger partial charge in [0.15, 0.2) is 21.7 Å². The van der Waals surface area contributed by atoms with Crippen LogP contribution in [0.15, 0.2) is 6.07 Å². The minimum atomic E-state index is -6.53. The van der Waals surface area contributed by atoms with Gasteiger partial charge in [-0.25, -0.2) is 17.6 Å². The highest BCUT2D eigenvalue weighted by atomic mass is 79.9. The van der Waals surface area contributed by atoms with E-state index in [4.69, 9.17) is 0 Å². The van der Waals surface area contributed by atoms with Gasteiger partial charge in [0.25, 0.3) is 0 Å². The second-order valence-corrected chi connectivity index (χ2v) is 7.01. The SMILES string of the molecule is CC(Br)C(=O)Oc1c(F)cc(OC(=O)C(F)(F)S(=O)(=O)[O-])c(F)c1F. The minimum absolute atomic E-state index is 0.161. The zero-order valence-corrected chi connectivity index (χ0v) is 14.1. The molecule has 0 saturated heterocycles. The molecule has 1 atom stereocenters. The first-order valence-corrected chi connectivity index (χ1v) is 8.11. The number of carbonyl (C=O) groups excluding carboxylic acids is 2. The summed E-state index contributed by atoms with van der Waals surface area (Å²) in [6, 6.07) is -0.161. The second kappa shape index (κ2) is 7.21. The average molecular weight is 456 g/mol. The summed E-state index contributed by atoms with van der Waals surface area (Å²) >= 11 is 2.70. The van der Waals surface area contributed by atoms with Crippen molar-refractivity contribution in [2.24, 2.45) is 0 Å². The Morgan fingerprint density at radius 1 is 1.20 bits per heavy atom. The smallest absolute Gasteiger partial charge is 0.429 e. The number of benzene rings is 1. The average Bonchev–Trinajstić information content (AvgIpc) is 2.47. The molecule has 0 aliphatic carbocycles. The number of rotatable bonds is 5. The number of alkyl halides is 3. The number of carbonyl (C=O) groups is 2. The van der Waals surface area contributed by atoms with Crippen molar-refractivity contribution in [3.05, 3.63) is 23.5 Å². The maximum Gasteiger partial charge on any atom is 0.429 e. The topological polar surface area (TPSA) is 110 Å². The summed E-state index contributed by atoms with van der Waals surface area (Å²) < 4.78 is 105. The van der Waals surface area contributed by atoms with Gasteiger partial charge in [-0.05, 0) is 6.92 Å². The maximum atomic E-state index is 13.7. The molecule has 0 aliphatic heterocycles. The molecule has 14 heteroatoms. The Balaban J connectivity index is 3.25. The van der Waals surface area contributed by atoms with Crippen molar-refractivity contribution in [2.45, 2.75) is 17.0 Å². The van der Waals surface area contributed by atoms with E-state index < -0.39 is 61.1 Å². The summed E-state index contributed by atoms with van der Waals surface area (Å²) in [5.74, 6) is -14.0. The predicted octanol–water partition coefficient (Wildman–Crippen LogP) is 1.84. The Labute approximate surface area is 144 Å². The van der Waals surface area contributed by atoms with Crippen LogP contribution in [0.1, 0.15) is 6.92 Å². The molecule has 7 nitrogen and oxygen atoms in total. The summed E-state index contributed by atoms with van der Waals surface area (Å²) in [6.07, 6.45) is 0. The summed E-state index contributed by atoms with van der Waals surface area (Å²) in [5, 5.41) is -5.64. The fourth-order valence-corrected chi connectivity index (χ4v) is 1.51. The number of halogens is 6. The molecule has 0 radical (unpaired) electrons. The van der Waals surface area contributed by atoms with Crippen LogP contribution in [0.25, 0.3) is 0 Å². The van der Waals surface area contributed by atoms with E-state index in [9.17, 15) is 44.5 Å². The monoisotopic (exact) mass is 455 g/mol. The fourth-order valence-electron chi connectivity index (χ4n) is 1.17. The van der Waals surface area contributed by atoms with E-state index in [1.54, 1.807) is 0 Å². The molecule has 1 rings (SSSR count). The van der Waals surface area contributed by atoms with Crippen LogP contribution >= 0.6 is 15.9 Å². The molecule has 0 heterocycles. The van der Waals surface area contributed by atoms with Gasteiger partial charge in [0.1, 0.15) is 4.83 Å². The van der Waals surface area contributed by atoms with Crippen LogP contribution in [-0.4, -0.2) is 35.0 Å². The molecule has 1 aromatic rings. The van der Waals surface area contributed by atoms with Crippen LogP contribution in [0.4, 0.5) is 22.0 Å². The Morgan fingerprint density at radius 3 is 2.16 bits per heavy atom. The summed E-state index contributed by atoms with van der Waals surface area (Å²) in [6.45, 7) is 1.20. The fraction of sp³-hybridized carbons (Fsp3) is 0.273. The highest BCUT2D eigenvalue weighted by Crippen LogP contribution is 2.33. The molecule has 0 amide bonds. The van der Waals surface area contributed by atoms with Crippen LogP contribution in [-0.2, 0) is 19.7 Å². The number of ether oxygens (including phenoxy) is 2. The zero-order chi connectivity index (χ0) is 19.7. The lowest BCUT2D eigenvalue weighted by atomic mass is 10.2. The summed E-state index contributed by atoms with van der Waals surface area (Å²) in [5.41, 5.74) is 0. The van der Waals surface area contributed by atoms with Gasteiger partial charge in [-0.2, -0.15) is 17.6 Å². The van der Waals surface area contributed by atoms with Crippen LogP contribution in [0.5, 0.6) is 11.5 Å². The molecule has 0 saturated carbocycles. The van der Waals surface area contributed by atoms with Gasteiger partial charge in [-0.3, -0.25) is 4.79 Å². The van der Waals surface area contributed by atoms with Gasteiger partial charge in [0, 0.05) is 6.07 Å². The highest BCUT2D eigenvalue weighted by molar-refractivity contribution is 9.10. The Kier molecular flexibility index (Phi) is 6.13. The second-order valence-electron chi connectivity index (χ2n) is 4.21. The Hall–Kier alpha value is -1.80. The van der Waals surface area contributed by atoms with Gasteiger partial charge in [-0.1, -0.05) is 15.9 Å². The lowest BCUT2D eigenvalue weighted by Gasteiger charge is -2.18. The standard InChI is InChI=1S/C11H6BrF5O7S/c1-3(12)9(18)24-8-4(13)2-5(6(14)7(8)15)23-10(19)11(16,17)25(20,21)22/h2-3H,1H3,(H,20,21,22)/p-1. The first kappa shape index (κ1) is 21.2. The van der Waals surface area contributed by atoms with Gasteiger partial charge in [0.05, 0.1) is 0 Å². The first-order chi connectivity index (χ1) is 11.2. The van der Waals surface area contributed by atoms with Crippen molar-refractivity contribution < 1.29 is 54.0 Å². The predicted molar refractivity (Wildman–Crippen MR) is 70.6 cm³/mol. The molecule has 0 bridgehead atoms. The number of hydrogen-bond acceptors (Lipinski definition) is 7. The molecule has 0 N–H and O–H groups in total. The highest BCUT2D eigenvalue weighted by Gasteiger charge is 2.49. The Morgan fingerprint density at radius 2 is 1.72 bits per heavy atom. The van der Waals surface area contributed by atoms with Crippen LogP contribution in [0, 0.1) is 17.5 Å². The van der Waals surface area contributed by atoms with E-state index in [0.717, 1.165) is 0 Å². The van der Waals surface area contributed by atoms with E-state index in [2.05, 4.69) is 25.4 Å². The van der Waals surface area contributed by atoms with Crippen LogP contribution < -0.4 is 9.47 Å². The van der Waals surface area contributed by atoms with Crippen molar-refractivity contribution in [3.8, 4) is 11.5 Å². The normalized spacial score (nSPS) is 13.3. The van der Waals surface area contributed by atoms with Crippen molar-refractivity contribution in [2.75, 3.05) is 0 Å². The van der Waals surface area contributed by atoms with E-state index in [-0.39, 0.29) is 6.07 Å². The third kappa shape index (κ3) is 4.43. The molecule has 0 fully saturated rings. The molecular formula is C11H5BrF5O7S-. The molecule has 0 aromatic heterocycles. The minimum Gasteiger partial charge on any atom is -0.743 e. The van der Waals surface area contributed by atoms with E-state index in [0.29, 0.717) is 0 Å². The molecule has 0 aliphatic rings. The van der Waals surface area contributed by atoms with Crippen molar-refractivity contribution in [1.82, 2.24) is 0 Å². The molecular weight excluding hydrogens is 451 g/mol. The number of esters is 2. The first-order valence-electron chi connectivity index (χ1n) is 5.79. The lowest BCUT2D eigenvalue weighted by Crippen LogP contribution is -2.40. The van der Waals surface area contributed by atoms with Gasteiger partial charge >= 0.3 is 17.2 Å². The van der Waals surface area contributed by atoms with E-state index >= 15 is 0 Å². The largest absolute Gasteiger partial charge is 0.743 e. The van der Waals surface area contributed by atoms with Crippen molar-refractivity contribution in [1.29, 1.82) is 0 Å². The zero-order valence-electron chi connectivity index (χ0n) is 11.7. The van der Waals surface area contributed by atoms with Crippen LogP contribution in [0.3, 0.4) is 0 Å². The Bertz CT molecular complexity index is 825. The maximum absolute atomic E-state index is 13.7. The van der Waals surface area contributed by atoms with E-state index in [1.165, 1.54) is 6.92 Å². The molecule has 140 valence electrons. The number of hydrogen-bond donors (Lipinski definition) is 0. The molecule has 25 heavy (non-hydrogen) atoms. The van der Waals surface area contributed by atoms with Crippen LogP contribution in [0.2, 0.25) is 0 Å². The molecule has 1 aromatic carbocycles. The third-order valence-corrected chi connectivity index (χ3v) is 3.53. The van der Waals surface area contributed by atoms with E-state index in [1.807, 2.05) is 0 Å². The molecule has 1 unspecified atom stereocenters. The van der Waals surface area contributed by atoms with Gasteiger partial charge in [0.2, 0.25) is 17.4 Å². The van der Waals surface area contributed by atoms with Gasteiger partial charge < -0.3 is 14.0 Å². The lowest BCUT2D eigenvalue weighted by molar-refractivity contribution is -0.151. The summed E-state index contributed by atoms with van der Waals surface area (Å²) in [4.78, 5) is 21.1. The van der Waals surface area contributed by atoms with Crippen molar-refractivity contribution in [3.63, 3.8) is 0 Å².